The minimum absolute atomic E-state index is 0.138. The standard InChI is InChI=1S/C13H16OSi/c1-15(2,3)10-9-12-13(14-12)11-7-5-4-6-8-11/h4-8,12-13H,1-3H3/t12-,13-/m0/s1. The molecule has 1 heterocycles. The van der Waals surface area contributed by atoms with E-state index in [1.807, 2.05) is 18.2 Å². The summed E-state index contributed by atoms with van der Waals surface area (Å²) in [5.74, 6) is 3.23. The molecule has 0 amide bonds. The fourth-order valence-electron chi connectivity index (χ4n) is 1.41. The lowest BCUT2D eigenvalue weighted by atomic mass is 10.1. The molecule has 0 saturated carbocycles. The minimum Gasteiger partial charge on any atom is -0.351 e. The van der Waals surface area contributed by atoms with E-state index in [1.165, 1.54) is 5.56 Å². The zero-order valence-electron chi connectivity index (χ0n) is 9.45. The predicted molar refractivity (Wildman–Crippen MR) is 65.2 cm³/mol. The Labute approximate surface area is 92.5 Å². The van der Waals surface area contributed by atoms with Crippen LogP contribution in [0.5, 0.6) is 0 Å². The summed E-state index contributed by atoms with van der Waals surface area (Å²) < 4.78 is 5.55. The van der Waals surface area contributed by atoms with Crippen molar-refractivity contribution in [1.82, 2.24) is 0 Å². The first-order valence-corrected chi connectivity index (χ1v) is 8.79. The summed E-state index contributed by atoms with van der Waals surface area (Å²) in [5, 5.41) is 0. The number of ether oxygens (including phenoxy) is 1. The van der Waals surface area contributed by atoms with Gasteiger partial charge in [-0.2, -0.15) is 0 Å². The van der Waals surface area contributed by atoms with E-state index in [0.717, 1.165) is 0 Å². The van der Waals surface area contributed by atoms with E-state index in [1.54, 1.807) is 0 Å². The van der Waals surface area contributed by atoms with E-state index in [4.69, 9.17) is 4.74 Å². The third-order valence-corrected chi connectivity index (χ3v) is 3.10. The van der Waals surface area contributed by atoms with Gasteiger partial charge in [0.2, 0.25) is 0 Å². The molecule has 2 heteroatoms. The van der Waals surface area contributed by atoms with Crippen molar-refractivity contribution in [2.45, 2.75) is 31.8 Å². The second kappa shape index (κ2) is 3.84. The van der Waals surface area contributed by atoms with Crippen molar-refractivity contribution in [2.24, 2.45) is 0 Å². The molecule has 2 rings (SSSR count). The van der Waals surface area contributed by atoms with Crippen molar-refractivity contribution in [3.05, 3.63) is 35.9 Å². The molecule has 15 heavy (non-hydrogen) atoms. The summed E-state index contributed by atoms with van der Waals surface area (Å²) in [6.07, 6.45) is 0.356. The molecule has 1 aromatic carbocycles. The van der Waals surface area contributed by atoms with E-state index in [0.29, 0.717) is 0 Å². The van der Waals surface area contributed by atoms with Gasteiger partial charge in [-0.15, -0.1) is 5.54 Å². The van der Waals surface area contributed by atoms with Crippen molar-refractivity contribution in [2.75, 3.05) is 0 Å². The molecule has 0 aliphatic carbocycles. The molecule has 78 valence electrons. The first kappa shape index (κ1) is 10.5. The van der Waals surface area contributed by atoms with Gasteiger partial charge in [0.15, 0.2) is 0 Å². The quantitative estimate of drug-likeness (QED) is 0.399. The zero-order chi connectivity index (χ0) is 10.9. The van der Waals surface area contributed by atoms with Crippen molar-refractivity contribution in [1.29, 1.82) is 0 Å². The average molecular weight is 216 g/mol. The molecule has 2 atom stereocenters. The topological polar surface area (TPSA) is 12.5 Å². The molecular formula is C13H16OSi. The van der Waals surface area contributed by atoms with Crippen LogP contribution in [0.3, 0.4) is 0 Å². The molecule has 0 aromatic heterocycles. The number of epoxide rings is 1. The van der Waals surface area contributed by atoms with Crippen molar-refractivity contribution >= 4 is 8.07 Å². The second-order valence-electron chi connectivity index (χ2n) is 4.91. The highest BCUT2D eigenvalue weighted by molar-refractivity contribution is 6.83. The Balaban J connectivity index is 2.00. The van der Waals surface area contributed by atoms with Crippen LogP contribution in [0, 0.1) is 11.5 Å². The molecule has 1 aromatic rings. The summed E-state index contributed by atoms with van der Waals surface area (Å²) in [5.41, 5.74) is 4.59. The predicted octanol–water partition coefficient (Wildman–Crippen LogP) is 3.01. The zero-order valence-corrected chi connectivity index (χ0v) is 10.4. The van der Waals surface area contributed by atoms with Crippen LogP contribution in [0.1, 0.15) is 11.7 Å². The van der Waals surface area contributed by atoms with Gasteiger partial charge in [-0.05, 0) is 5.56 Å². The van der Waals surface area contributed by atoms with Gasteiger partial charge < -0.3 is 4.74 Å². The normalized spacial score (nSPS) is 24.2. The van der Waals surface area contributed by atoms with Gasteiger partial charge in [0.1, 0.15) is 20.3 Å². The van der Waals surface area contributed by atoms with Crippen LogP contribution in [0.4, 0.5) is 0 Å². The lowest BCUT2D eigenvalue weighted by molar-refractivity contribution is 0.397. The van der Waals surface area contributed by atoms with Crippen LogP contribution in [-0.4, -0.2) is 14.2 Å². The van der Waals surface area contributed by atoms with E-state index >= 15 is 0 Å². The molecule has 0 spiro atoms. The maximum atomic E-state index is 5.55. The number of benzene rings is 1. The molecule has 1 aliphatic heterocycles. The molecule has 1 aliphatic rings. The molecule has 0 radical (unpaired) electrons. The van der Waals surface area contributed by atoms with Crippen LogP contribution in [0.15, 0.2) is 30.3 Å². The Hall–Kier alpha value is -1.04. The van der Waals surface area contributed by atoms with Gasteiger partial charge in [-0.1, -0.05) is 55.9 Å². The lowest BCUT2D eigenvalue weighted by Gasteiger charge is -2.02. The van der Waals surface area contributed by atoms with Gasteiger partial charge in [-0.3, -0.25) is 0 Å². The average Bonchev–Trinajstić information content (AvgIpc) is 2.94. The third kappa shape index (κ3) is 2.95. The van der Waals surface area contributed by atoms with Gasteiger partial charge >= 0.3 is 0 Å². The lowest BCUT2D eigenvalue weighted by Crippen LogP contribution is -2.16. The van der Waals surface area contributed by atoms with E-state index in [-0.39, 0.29) is 12.2 Å². The first-order valence-electron chi connectivity index (χ1n) is 5.29. The highest BCUT2D eigenvalue weighted by atomic mass is 28.3. The van der Waals surface area contributed by atoms with Crippen LogP contribution in [-0.2, 0) is 4.74 Å². The van der Waals surface area contributed by atoms with Crippen molar-refractivity contribution in [3.63, 3.8) is 0 Å². The number of hydrogen-bond donors (Lipinski definition) is 0. The number of rotatable bonds is 1. The molecule has 1 fully saturated rings. The molecule has 0 unspecified atom stereocenters. The molecule has 1 saturated heterocycles. The molecule has 0 bridgehead atoms. The maximum Gasteiger partial charge on any atom is 0.148 e. The molecule has 0 N–H and O–H groups in total. The van der Waals surface area contributed by atoms with Gasteiger partial charge in [0.25, 0.3) is 0 Å². The Morgan fingerprint density at radius 3 is 2.40 bits per heavy atom. The van der Waals surface area contributed by atoms with Gasteiger partial charge in [0.05, 0.1) is 0 Å². The van der Waals surface area contributed by atoms with E-state index in [9.17, 15) is 0 Å². The van der Waals surface area contributed by atoms with E-state index in [2.05, 4.69) is 43.2 Å². The molecular weight excluding hydrogens is 200 g/mol. The van der Waals surface area contributed by atoms with Gasteiger partial charge in [0, 0.05) is 0 Å². The highest BCUT2D eigenvalue weighted by Gasteiger charge is 2.38. The monoisotopic (exact) mass is 216 g/mol. The first-order chi connectivity index (χ1) is 7.06. The Morgan fingerprint density at radius 2 is 1.80 bits per heavy atom. The Bertz CT molecular complexity index is 394. The fraction of sp³-hybridized carbons (Fsp3) is 0.385. The van der Waals surface area contributed by atoms with Crippen LogP contribution >= 0.6 is 0 Å². The minimum atomic E-state index is -1.25. The highest BCUT2D eigenvalue weighted by Crippen LogP contribution is 2.37. The van der Waals surface area contributed by atoms with E-state index < -0.39 is 8.07 Å². The summed E-state index contributed by atoms with van der Waals surface area (Å²) in [4.78, 5) is 0. The van der Waals surface area contributed by atoms with Crippen LogP contribution < -0.4 is 0 Å². The second-order valence-corrected chi connectivity index (χ2v) is 9.66. The van der Waals surface area contributed by atoms with Crippen LogP contribution in [0.25, 0.3) is 0 Å². The largest absolute Gasteiger partial charge is 0.351 e. The summed E-state index contributed by atoms with van der Waals surface area (Å²) >= 11 is 0. The fourth-order valence-corrected chi connectivity index (χ4v) is 1.98. The smallest absolute Gasteiger partial charge is 0.148 e. The third-order valence-electron chi connectivity index (χ3n) is 2.21. The van der Waals surface area contributed by atoms with Crippen molar-refractivity contribution < 1.29 is 4.74 Å². The summed E-state index contributed by atoms with van der Waals surface area (Å²) in [6, 6.07) is 10.3. The van der Waals surface area contributed by atoms with Crippen LogP contribution in [0.2, 0.25) is 19.6 Å². The van der Waals surface area contributed by atoms with Crippen molar-refractivity contribution in [3.8, 4) is 11.5 Å². The summed E-state index contributed by atoms with van der Waals surface area (Å²) in [6.45, 7) is 6.75. The maximum absolute atomic E-state index is 5.55. The van der Waals surface area contributed by atoms with Gasteiger partial charge in [-0.25, -0.2) is 0 Å². The molecule has 1 nitrogen and oxygen atoms in total. The Kier molecular flexibility index (Phi) is 2.68. The SMILES string of the molecule is C[Si](C)(C)C#C[C@@H]1O[C@H]1c1ccccc1. The number of hydrogen-bond acceptors (Lipinski definition) is 1. The summed E-state index contributed by atoms with van der Waals surface area (Å²) in [7, 11) is -1.25. The Morgan fingerprint density at radius 1 is 1.13 bits per heavy atom.